The average Bonchev–Trinajstić information content (AvgIpc) is 2.90. The number of allylic oxidation sites excluding steroid dienone is 2. The van der Waals surface area contributed by atoms with Gasteiger partial charge < -0.3 is 14.6 Å². The Morgan fingerprint density at radius 1 is 1.20 bits per heavy atom. The summed E-state index contributed by atoms with van der Waals surface area (Å²) in [5.41, 5.74) is 0.737. The molecule has 0 fully saturated rings. The molecule has 0 saturated carbocycles. The lowest BCUT2D eigenvalue weighted by Crippen LogP contribution is -2.21. The molecule has 20 heavy (non-hydrogen) atoms. The van der Waals surface area contributed by atoms with Crippen molar-refractivity contribution in [3.8, 4) is 11.5 Å². The standard InChI is InChI=1S/C17H24O3/c1-3-17(2,18)11-7-5-4-6-8-14-9-10-15-16(12-14)20-13-19-15/h4-5,9-10,12,18H,3,6-8,11,13H2,1-2H3. The number of aryl methyl sites for hydroxylation is 1. The van der Waals surface area contributed by atoms with Crippen LogP contribution in [0.4, 0.5) is 0 Å². The molecule has 1 aromatic carbocycles. The lowest BCUT2D eigenvalue weighted by atomic mass is 9.97. The molecule has 1 heterocycles. The van der Waals surface area contributed by atoms with Crippen molar-refractivity contribution in [2.45, 2.75) is 51.6 Å². The first-order chi connectivity index (χ1) is 9.61. The fourth-order valence-corrected chi connectivity index (χ4v) is 2.15. The van der Waals surface area contributed by atoms with Gasteiger partial charge in [-0.25, -0.2) is 0 Å². The van der Waals surface area contributed by atoms with E-state index in [4.69, 9.17) is 9.47 Å². The normalized spacial score (nSPS) is 16.6. The van der Waals surface area contributed by atoms with E-state index in [-0.39, 0.29) is 0 Å². The number of ether oxygens (including phenoxy) is 2. The maximum Gasteiger partial charge on any atom is 0.231 e. The molecule has 3 heteroatoms. The summed E-state index contributed by atoms with van der Waals surface area (Å²) in [4.78, 5) is 0. The van der Waals surface area contributed by atoms with Crippen LogP contribution in [0.25, 0.3) is 0 Å². The zero-order valence-electron chi connectivity index (χ0n) is 12.4. The first kappa shape index (κ1) is 14.9. The van der Waals surface area contributed by atoms with Gasteiger partial charge in [0.25, 0.3) is 0 Å². The summed E-state index contributed by atoms with van der Waals surface area (Å²) in [5.74, 6) is 1.69. The predicted octanol–water partition coefficient (Wildman–Crippen LogP) is 3.85. The van der Waals surface area contributed by atoms with E-state index in [9.17, 15) is 5.11 Å². The molecule has 1 aliphatic rings. The van der Waals surface area contributed by atoms with Gasteiger partial charge in [-0.1, -0.05) is 25.1 Å². The molecule has 2 rings (SSSR count). The van der Waals surface area contributed by atoms with Gasteiger partial charge in [0, 0.05) is 0 Å². The van der Waals surface area contributed by atoms with Crippen molar-refractivity contribution in [1.82, 2.24) is 0 Å². The summed E-state index contributed by atoms with van der Waals surface area (Å²) < 4.78 is 10.7. The Hall–Kier alpha value is -1.48. The summed E-state index contributed by atoms with van der Waals surface area (Å²) in [6.45, 7) is 4.24. The molecule has 0 bridgehead atoms. The summed E-state index contributed by atoms with van der Waals surface area (Å²) >= 11 is 0. The zero-order chi connectivity index (χ0) is 14.4. The fourth-order valence-electron chi connectivity index (χ4n) is 2.15. The Balaban J connectivity index is 1.71. The second-order valence-electron chi connectivity index (χ2n) is 5.59. The van der Waals surface area contributed by atoms with Crippen molar-refractivity contribution in [3.05, 3.63) is 35.9 Å². The number of rotatable bonds is 7. The molecule has 0 spiro atoms. The molecule has 1 atom stereocenters. The quantitative estimate of drug-likeness (QED) is 0.769. The molecular weight excluding hydrogens is 252 g/mol. The minimum absolute atomic E-state index is 0.329. The second-order valence-corrected chi connectivity index (χ2v) is 5.59. The Labute approximate surface area is 121 Å². The van der Waals surface area contributed by atoms with Crippen LogP contribution >= 0.6 is 0 Å². The number of aliphatic hydroxyl groups is 1. The van der Waals surface area contributed by atoms with Crippen molar-refractivity contribution >= 4 is 0 Å². The molecule has 0 aliphatic carbocycles. The average molecular weight is 276 g/mol. The van der Waals surface area contributed by atoms with E-state index in [0.717, 1.165) is 43.6 Å². The lowest BCUT2D eigenvalue weighted by Gasteiger charge is -2.19. The highest BCUT2D eigenvalue weighted by Gasteiger charge is 2.15. The number of hydrogen-bond donors (Lipinski definition) is 1. The van der Waals surface area contributed by atoms with E-state index in [0.29, 0.717) is 6.79 Å². The minimum atomic E-state index is -0.526. The van der Waals surface area contributed by atoms with E-state index < -0.39 is 5.60 Å². The van der Waals surface area contributed by atoms with Gasteiger partial charge in [-0.15, -0.1) is 0 Å². The van der Waals surface area contributed by atoms with Crippen molar-refractivity contribution in [3.63, 3.8) is 0 Å². The molecular formula is C17H24O3. The highest BCUT2D eigenvalue weighted by atomic mass is 16.7. The Morgan fingerprint density at radius 3 is 2.75 bits per heavy atom. The zero-order valence-corrected chi connectivity index (χ0v) is 12.4. The highest BCUT2D eigenvalue weighted by Crippen LogP contribution is 2.32. The van der Waals surface area contributed by atoms with Crippen LogP contribution in [0.2, 0.25) is 0 Å². The van der Waals surface area contributed by atoms with Gasteiger partial charge in [-0.2, -0.15) is 0 Å². The topological polar surface area (TPSA) is 38.7 Å². The number of fused-ring (bicyclic) bond motifs is 1. The molecule has 1 N–H and O–H groups in total. The summed E-state index contributed by atoms with van der Waals surface area (Å²) in [7, 11) is 0. The van der Waals surface area contributed by atoms with Gasteiger partial charge in [0.15, 0.2) is 11.5 Å². The Morgan fingerprint density at radius 2 is 1.95 bits per heavy atom. The molecule has 1 aromatic rings. The molecule has 0 aromatic heterocycles. The molecule has 0 amide bonds. The Bertz CT molecular complexity index is 463. The van der Waals surface area contributed by atoms with Gasteiger partial charge >= 0.3 is 0 Å². The smallest absolute Gasteiger partial charge is 0.231 e. The lowest BCUT2D eigenvalue weighted by molar-refractivity contribution is 0.0480. The molecule has 1 unspecified atom stereocenters. The summed E-state index contributed by atoms with van der Waals surface area (Å²) in [6.07, 6.45) is 8.92. The van der Waals surface area contributed by atoms with E-state index in [1.54, 1.807) is 0 Å². The van der Waals surface area contributed by atoms with Gasteiger partial charge in [-0.05, 0) is 56.7 Å². The van der Waals surface area contributed by atoms with Crippen LogP contribution in [0.15, 0.2) is 30.4 Å². The van der Waals surface area contributed by atoms with Crippen LogP contribution in [0, 0.1) is 0 Å². The second kappa shape index (κ2) is 6.80. The van der Waals surface area contributed by atoms with Crippen molar-refractivity contribution < 1.29 is 14.6 Å². The van der Waals surface area contributed by atoms with Crippen LogP contribution in [-0.4, -0.2) is 17.5 Å². The van der Waals surface area contributed by atoms with Gasteiger partial charge in [0.05, 0.1) is 5.60 Å². The summed E-state index contributed by atoms with van der Waals surface area (Å²) in [5, 5.41) is 9.89. The van der Waals surface area contributed by atoms with E-state index >= 15 is 0 Å². The van der Waals surface area contributed by atoms with Crippen molar-refractivity contribution in [1.29, 1.82) is 0 Å². The predicted molar refractivity (Wildman–Crippen MR) is 80.2 cm³/mol. The Kier molecular flexibility index (Phi) is 5.07. The van der Waals surface area contributed by atoms with Crippen molar-refractivity contribution in [2.24, 2.45) is 0 Å². The largest absolute Gasteiger partial charge is 0.454 e. The maximum absolute atomic E-state index is 9.89. The van der Waals surface area contributed by atoms with Gasteiger partial charge in [0.1, 0.15) is 0 Å². The first-order valence-electron chi connectivity index (χ1n) is 7.36. The monoisotopic (exact) mass is 276 g/mol. The van der Waals surface area contributed by atoms with E-state index in [2.05, 4.69) is 24.3 Å². The van der Waals surface area contributed by atoms with Crippen LogP contribution in [0.5, 0.6) is 11.5 Å². The maximum atomic E-state index is 9.89. The van der Waals surface area contributed by atoms with Crippen LogP contribution in [0.1, 0.15) is 45.1 Å². The molecule has 1 aliphatic heterocycles. The van der Waals surface area contributed by atoms with E-state index in [1.165, 1.54) is 5.56 Å². The SMILES string of the molecule is CCC(C)(O)CCC=CCCc1ccc2c(c1)OCO2. The summed E-state index contributed by atoms with van der Waals surface area (Å²) in [6, 6.07) is 6.11. The minimum Gasteiger partial charge on any atom is -0.454 e. The number of hydrogen-bond acceptors (Lipinski definition) is 3. The molecule has 110 valence electrons. The molecule has 0 radical (unpaired) electrons. The van der Waals surface area contributed by atoms with E-state index in [1.807, 2.05) is 19.9 Å². The van der Waals surface area contributed by atoms with Crippen LogP contribution < -0.4 is 9.47 Å². The third kappa shape index (κ3) is 4.27. The molecule has 3 nitrogen and oxygen atoms in total. The number of benzene rings is 1. The van der Waals surface area contributed by atoms with Crippen molar-refractivity contribution in [2.75, 3.05) is 6.79 Å². The third-order valence-corrected chi connectivity index (χ3v) is 3.81. The fraction of sp³-hybridized carbons (Fsp3) is 0.529. The van der Waals surface area contributed by atoms with Crippen LogP contribution in [0.3, 0.4) is 0 Å². The van der Waals surface area contributed by atoms with Gasteiger partial charge in [-0.3, -0.25) is 0 Å². The third-order valence-electron chi connectivity index (χ3n) is 3.81. The highest BCUT2D eigenvalue weighted by molar-refractivity contribution is 5.44. The van der Waals surface area contributed by atoms with Crippen LogP contribution in [-0.2, 0) is 6.42 Å². The van der Waals surface area contributed by atoms with Gasteiger partial charge in [0.2, 0.25) is 6.79 Å². The molecule has 0 saturated heterocycles. The first-order valence-corrected chi connectivity index (χ1v) is 7.36.